The predicted molar refractivity (Wildman–Crippen MR) is 93.9 cm³/mol. The van der Waals surface area contributed by atoms with Crippen LogP contribution in [0, 0.1) is 0 Å². The van der Waals surface area contributed by atoms with Crippen LogP contribution in [0.5, 0.6) is 0 Å². The molecule has 0 aromatic carbocycles. The minimum atomic E-state index is 0.0848. The average molecular weight is 347 g/mol. The van der Waals surface area contributed by atoms with Gasteiger partial charge in [0.1, 0.15) is 10.8 Å². The quantitative estimate of drug-likeness (QED) is 0.832. The Hall–Kier alpha value is -1.21. The van der Waals surface area contributed by atoms with E-state index < -0.39 is 0 Å². The zero-order valence-electron chi connectivity index (χ0n) is 14.2. The third-order valence-corrected chi connectivity index (χ3v) is 6.17. The van der Waals surface area contributed by atoms with Crippen LogP contribution in [0.4, 0.5) is 0 Å². The van der Waals surface area contributed by atoms with Crippen molar-refractivity contribution < 1.29 is 9.15 Å². The fourth-order valence-corrected chi connectivity index (χ4v) is 4.53. The van der Waals surface area contributed by atoms with Gasteiger partial charge in [0.15, 0.2) is 0 Å². The highest BCUT2D eigenvalue weighted by Gasteiger charge is 2.43. The maximum atomic E-state index is 6.31. The van der Waals surface area contributed by atoms with Gasteiger partial charge >= 0.3 is 0 Å². The number of furan rings is 1. The van der Waals surface area contributed by atoms with Gasteiger partial charge in [0.25, 0.3) is 0 Å². The Morgan fingerprint density at radius 3 is 3.00 bits per heavy atom. The van der Waals surface area contributed by atoms with Gasteiger partial charge in [0.05, 0.1) is 31.6 Å². The van der Waals surface area contributed by atoms with Crippen molar-refractivity contribution in [2.45, 2.75) is 44.0 Å². The van der Waals surface area contributed by atoms with Gasteiger partial charge in [0, 0.05) is 30.7 Å². The lowest BCUT2D eigenvalue weighted by molar-refractivity contribution is -0.0452. The van der Waals surface area contributed by atoms with E-state index >= 15 is 0 Å². The molecule has 0 saturated carbocycles. The van der Waals surface area contributed by atoms with Gasteiger partial charge in [-0.25, -0.2) is 4.98 Å². The Bertz CT molecular complexity index is 621. The third-order valence-electron chi connectivity index (χ3n) is 5.41. The van der Waals surface area contributed by atoms with E-state index in [2.05, 4.69) is 27.2 Å². The van der Waals surface area contributed by atoms with Crippen LogP contribution in [0.15, 0.2) is 34.4 Å². The molecular weight excluding hydrogens is 322 g/mol. The summed E-state index contributed by atoms with van der Waals surface area (Å²) in [7, 11) is 2.17. The molecule has 0 bridgehead atoms. The first kappa shape index (κ1) is 16.3. The number of thiazole rings is 1. The molecule has 4 heterocycles. The molecule has 2 aliphatic heterocycles. The topological polar surface area (TPSA) is 41.7 Å². The Kier molecular flexibility index (Phi) is 4.72. The fraction of sp³-hybridized carbons (Fsp3) is 0.611. The molecule has 2 saturated heterocycles. The number of rotatable bonds is 5. The lowest BCUT2D eigenvalue weighted by atomic mass is 9.87. The van der Waals surface area contributed by atoms with Gasteiger partial charge in [-0.3, -0.25) is 9.80 Å². The molecule has 0 unspecified atom stereocenters. The zero-order valence-corrected chi connectivity index (χ0v) is 15.0. The van der Waals surface area contributed by atoms with Crippen LogP contribution in [0.2, 0.25) is 0 Å². The summed E-state index contributed by atoms with van der Waals surface area (Å²) >= 11 is 1.75. The van der Waals surface area contributed by atoms with Crippen molar-refractivity contribution in [1.82, 2.24) is 14.8 Å². The lowest BCUT2D eigenvalue weighted by Gasteiger charge is -2.38. The second kappa shape index (κ2) is 6.96. The number of ether oxygens (including phenoxy) is 1. The highest BCUT2D eigenvalue weighted by Crippen LogP contribution is 2.38. The molecule has 0 N–H and O–H groups in total. The van der Waals surface area contributed by atoms with Gasteiger partial charge in [0.2, 0.25) is 0 Å². The minimum Gasteiger partial charge on any atom is -0.468 e. The van der Waals surface area contributed by atoms with Crippen LogP contribution in [-0.4, -0.2) is 53.2 Å². The van der Waals surface area contributed by atoms with Crippen molar-refractivity contribution >= 4 is 11.3 Å². The Morgan fingerprint density at radius 1 is 1.42 bits per heavy atom. The first-order valence-electron chi connectivity index (χ1n) is 8.70. The van der Waals surface area contributed by atoms with E-state index in [1.807, 2.05) is 18.3 Å². The van der Waals surface area contributed by atoms with Crippen LogP contribution < -0.4 is 0 Å². The van der Waals surface area contributed by atoms with Crippen molar-refractivity contribution in [2.75, 3.05) is 26.7 Å². The Balaban J connectivity index is 1.28. The Labute approximate surface area is 147 Å². The molecule has 2 aliphatic rings. The van der Waals surface area contributed by atoms with Crippen molar-refractivity contribution in [1.29, 1.82) is 0 Å². The summed E-state index contributed by atoms with van der Waals surface area (Å²) in [5, 5.41) is 3.27. The van der Waals surface area contributed by atoms with Gasteiger partial charge in [-0.2, -0.15) is 0 Å². The van der Waals surface area contributed by atoms with E-state index in [1.54, 1.807) is 17.6 Å². The van der Waals surface area contributed by atoms with E-state index in [0.29, 0.717) is 6.04 Å². The van der Waals surface area contributed by atoms with Gasteiger partial charge < -0.3 is 9.15 Å². The van der Waals surface area contributed by atoms with Crippen LogP contribution in [0.3, 0.4) is 0 Å². The smallest absolute Gasteiger partial charge is 0.117 e. The number of likely N-dealkylation sites (tertiary alicyclic amines) is 1. The average Bonchev–Trinajstić information content (AvgIpc) is 3.33. The van der Waals surface area contributed by atoms with Crippen molar-refractivity contribution in [3.05, 3.63) is 40.7 Å². The van der Waals surface area contributed by atoms with E-state index in [4.69, 9.17) is 9.15 Å². The molecule has 4 rings (SSSR count). The van der Waals surface area contributed by atoms with E-state index in [0.717, 1.165) is 57.8 Å². The van der Waals surface area contributed by atoms with Crippen LogP contribution >= 0.6 is 11.3 Å². The largest absolute Gasteiger partial charge is 0.468 e. The molecule has 5 nitrogen and oxygen atoms in total. The molecule has 2 aromatic heterocycles. The van der Waals surface area contributed by atoms with Crippen molar-refractivity contribution in [2.24, 2.45) is 0 Å². The molecule has 1 spiro atoms. The summed E-state index contributed by atoms with van der Waals surface area (Å²) in [6, 6.07) is 4.48. The first-order chi connectivity index (χ1) is 11.7. The second-order valence-electron chi connectivity index (χ2n) is 7.05. The molecular formula is C18H25N3O2S. The summed E-state index contributed by atoms with van der Waals surface area (Å²) in [5.41, 5.74) is 0.0848. The van der Waals surface area contributed by atoms with Crippen LogP contribution in [-0.2, 0) is 17.8 Å². The fourth-order valence-electron chi connectivity index (χ4n) is 3.87. The number of likely N-dealkylation sites (N-methyl/N-ethyl adjacent to an activating group) is 1. The summed E-state index contributed by atoms with van der Waals surface area (Å²) in [6.07, 6.45) is 7.03. The maximum Gasteiger partial charge on any atom is 0.117 e. The van der Waals surface area contributed by atoms with Gasteiger partial charge in [-0.05, 0) is 38.4 Å². The van der Waals surface area contributed by atoms with Gasteiger partial charge in [-0.15, -0.1) is 11.3 Å². The number of piperidine rings is 1. The number of hydrogen-bond donors (Lipinski definition) is 0. The lowest BCUT2D eigenvalue weighted by Crippen LogP contribution is -2.44. The predicted octanol–water partition coefficient (Wildman–Crippen LogP) is 2.99. The summed E-state index contributed by atoms with van der Waals surface area (Å²) in [5.74, 6) is 1.02. The van der Waals surface area contributed by atoms with E-state index in [-0.39, 0.29) is 5.60 Å². The maximum absolute atomic E-state index is 6.31. The highest BCUT2D eigenvalue weighted by atomic mass is 32.1. The molecule has 130 valence electrons. The SMILES string of the molecule is CN(Cc1ccco1)[C@@H]1COC2(CCN(Cc3nccs3)CC2)C1. The Morgan fingerprint density at radius 2 is 2.29 bits per heavy atom. The molecule has 6 heteroatoms. The van der Waals surface area contributed by atoms with Crippen LogP contribution in [0.25, 0.3) is 0 Å². The van der Waals surface area contributed by atoms with E-state index in [9.17, 15) is 0 Å². The molecule has 0 aliphatic carbocycles. The highest BCUT2D eigenvalue weighted by molar-refractivity contribution is 7.09. The van der Waals surface area contributed by atoms with E-state index in [1.165, 1.54) is 5.01 Å². The summed E-state index contributed by atoms with van der Waals surface area (Å²) < 4.78 is 11.8. The molecule has 0 radical (unpaired) electrons. The number of nitrogens with zero attached hydrogens (tertiary/aromatic N) is 3. The molecule has 0 amide bonds. The van der Waals surface area contributed by atoms with Crippen molar-refractivity contribution in [3.63, 3.8) is 0 Å². The summed E-state index contributed by atoms with van der Waals surface area (Å²) in [4.78, 5) is 9.28. The zero-order chi connectivity index (χ0) is 16.4. The summed E-state index contributed by atoms with van der Waals surface area (Å²) in [6.45, 7) is 4.88. The second-order valence-corrected chi connectivity index (χ2v) is 8.03. The van der Waals surface area contributed by atoms with Crippen molar-refractivity contribution in [3.8, 4) is 0 Å². The molecule has 2 aromatic rings. The normalized spacial score (nSPS) is 24.2. The monoisotopic (exact) mass is 347 g/mol. The first-order valence-corrected chi connectivity index (χ1v) is 9.58. The molecule has 2 fully saturated rings. The van der Waals surface area contributed by atoms with Gasteiger partial charge in [-0.1, -0.05) is 0 Å². The standard InChI is InChI=1S/C18H25N3O2S/c1-20(12-16-3-2-9-22-16)15-11-18(23-14-15)4-7-21(8-5-18)13-17-19-6-10-24-17/h2-3,6,9-10,15H,4-5,7-8,11-14H2,1H3/t15-/m0/s1. The number of aromatic nitrogens is 1. The van der Waals surface area contributed by atoms with Crippen LogP contribution in [0.1, 0.15) is 30.0 Å². The minimum absolute atomic E-state index is 0.0848. The molecule has 1 atom stereocenters. The third kappa shape index (κ3) is 3.57. The number of hydrogen-bond acceptors (Lipinski definition) is 6. The molecule has 24 heavy (non-hydrogen) atoms.